The molecule has 0 bridgehead atoms. The first kappa shape index (κ1) is 11.9. The Kier molecular flexibility index (Phi) is 2.55. The van der Waals surface area contributed by atoms with Gasteiger partial charge in [-0.25, -0.2) is 4.68 Å². The summed E-state index contributed by atoms with van der Waals surface area (Å²) < 4.78 is 2.08. The van der Waals surface area contributed by atoms with Gasteiger partial charge in [-0.3, -0.25) is 0 Å². The summed E-state index contributed by atoms with van der Waals surface area (Å²) >= 11 is 0. The van der Waals surface area contributed by atoms with Gasteiger partial charge >= 0.3 is 0 Å². The molecule has 20 heavy (non-hydrogen) atoms. The van der Waals surface area contributed by atoms with Crippen LogP contribution >= 0.6 is 0 Å². The van der Waals surface area contributed by atoms with Crippen LogP contribution in [0.5, 0.6) is 0 Å². The van der Waals surface area contributed by atoms with Gasteiger partial charge in [-0.1, -0.05) is 0 Å². The van der Waals surface area contributed by atoms with Crippen molar-refractivity contribution in [2.24, 2.45) is 11.8 Å². The van der Waals surface area contributed by atoms with Gasteiger partial charge in [0.05, 0.1) is 6.04 Å². The van der Waals surface area contributed by atoms with Gasteiger partial charge in [-0.05, 0) is 78.6 Å². The minimum Gasteiger partial charge on any atom is -0.399 e. The first-order chi connectivity index (χ1) is 9.74. The molecule has 2 aliphatic rings. The van der Waals surface area contributed by atoms with Gasteiger partial charge in [-0.2, -0.15) is 0 Å². The number of anilines is 1. The van der Waals surface area contributed by atoms with Crippen LogP contribution in [-0.2, 0) is 0 Å². The molecule has 0 aliphatic heterocycles. The average molecular weight is 269 g/mol. The zero-order chi connectivity index (χ0) is 13.7. The molecular weight excluding hydrogens is 250 g/mol. The molecule has 1 heterocycles. The standard InChI is InChI=1S/C15H19N5/c1-9-8-12(16)6-7-13(9)15-17-18-19-20(15)14(10-2-3-10)11-4-5-11/h6-8,10-11,14H,2-5,16H2,1H3. The maximum Gasteiger partial charge on any atom is 0.182 e. The van der Waals surface area contributed by atoms with Crippen molar-refractivity contribution < 1.29 is 0 Å². The van der Waals surface area contributed by atoms with Gasteiger partial charge in [0.25, 0.3) is 0 Å². The lowest BCUT2D eigenvalue weighted by molar-refractivity contribution is 0.357. The van der Waals surface area contributed by atoms with Crippen LogP contribution in [0.15, 0.2) is 18.2 Å². The largest absolute Gasteiger partial charge is 0.399 e. The second-order valence-corrected chi connectivity index (χ2v) is 6.19. The number of nitrogens with two attached hydrogens (primary N) is 1. The van der Waals surface area contributed by atoms with Crippen molar-refractivity contribution in [1.29, 1.82) is 0 Å². The monoisotopic (exact) mass is 269 g/mol. The van der Waals surface area contributed by atoms with Gasteiger partial charge in [0, 0.05) is 11.3 Å². The van der Waals surface area contributed by atoms with Crippen LogP contribution in [0, 0.1) is 18.8 Å². The SMILES string of the molecule is Cc1cc(N)ccc1-c1nnnn1C(C1CC1)C1CC1. The molecule has 4 rings (SSSR count). The third kappa shape index (κ3) is 1.97. The number of nitrogens with zero attached hydrogens (tertiary/aromatic N) is 4. The predicted molar refractivity (Wildman–Crippen MR) is 76.9 cm³/mol. The summed E-state index contributed by atoms with van der Waals surface area (Å²) in [5.74, 6) is 2.45. The second-order valence-electron chi connectivity index (χ2n) is 6.19. The fourth-order valence-electron chi connectivity index (χ4n) is 3.17. The van der Waals surface area contributed by atoms with Crippen molar-refractivity contribution in [1.82, 2.24) is 20.2 Å². The smallest absolute Gasteiger partial charge is 0.182 e. The fraction of sp³-hybridized carbons (Fsp3) is 0.533. The van der Waals surface area contributed by atoms with Gasteiger partial charge in [0.15, 0.2) is 5.82 Å². The summed E-state index contributed by atoms with van der Waals surface area (Å²) in [6.45, 7) is 2.06. The molecule has 1 aromatic carbocycles. The van der Waals surface area contributed by atoms with Crippen molar-refractivity contribution in [2.75, 3.05) is 5.73 Å². The Labute approximate surface area is 118 Å². The average Bonchev–Trinajstić information content (AvgIpc) is 3.31. The number of hydrogen-bond donors (Lipinski definition) is 1. The lowest BCUT2D eigenvalue weighted by Crippen LogP contribution is -2.16. The second kappa shape index (κ2) is 4.30. The quantitative estimate of drug-likeness (QED) is 0.866. The van der Waals surface area contributed by atoms with E-state index in [1.165, 1.54) is 25.7 Å². The Hall–Kier alpha value is -1.91. The maximum absolute atomic E-state index is 5.84. The van der Waals surface area contributed by atoms with Crippen LogP contribution < -0.4 is 5.73 Å². The molecule has 2 N–H and O–H groups in total. The van der Waals surface area contributed by atoms with E-state index in [2.05, 4.69) is 27.1 Å². The molecule has 104 valence electrons. The molecule has 1 aromatic heterocycles. The highest BCUT2D eigenvalue weighted by Crippen LogP contribution is 2.52. The highest BCUT2D eigenvalue weighted by atomic mass is 15.6. The molecule has 2 aliphatic carbocycles. The number of benzene rings is 1. The van der Waals surface area contributed by atoms with Crippen molar-refractivity contribution in [3.05, 3.63) is 23.8 Å². The molecule has 0 saturated heterocycles. The molecule has 0 unspecified atom stereocenters. The van der Waals surface area contributed by atoms with E-state index in [-0.39, 0.29) is 0 Å². The minimum atomic E-state index is 0.497. The highest BCUT2D eigenvalue weighted by molar-refractivity contribution is 5.63. The molecule has 0 radical (unpaired) electrons. The summed E-state index contributed by atoms with van der Waals surface area (Å²) in [5.41, 5.74) is 8.84. The van der Waals surface area contributed by atoms with E-state index in [1.54, 1.807) is 0 Å². The topological polar surface area (TPSA) is 69.6 Å². The number of aryl methyl sites for hydroxylation is 1. The Bertz CT molecular complexity index is 627. The lowest BCUT2D eigenvalue weighted by atomic mass is 10.0. The number of rotatable bonds is 4. The van der Waals surface area contributed by atoms with Crippen LogP contribution in [0.2, 0.25) is 0 Å². The lowest BCUT2D eigenvalue weighted by Gasteiger charge is -2.17. The zero-order valence-electron chi connectivity index (χ0n) is 11.7. The molecule has 0 atom stereocenters. The van der Waals surface area contributed by atoms with Crippen LogP contribution in [0.3, 0.4) is 0 Å². The van der Waals surface area contributed by atoms with Crippen molar-refractivity contribution in [3.8, 4) is 11.4 Å². The fourth-order valence-corrected chi connectivity index (χ4v) is 3.17. The Morgan fingerprint density at radius 3 is 2.50 bits per heavy atom. The van der Waals surface area contributed by atoms with Gasteiger partial charge < -0.3 is 5.73 Å². The van der Waals surface area contributed by atoms with Gasteiger partial charge in [0.2, 0.25) is 0 Å². The molecule has 2 aromatic rings. The normalized spacial score (nSPS) is 18.7. The Balaban J connectivity index is 1.77. The van der Waals surface area contributed by atoms with E-state index < -0.39 is 0 Å². The van der Waals surface area contributed by atoms with E-state index in [1.807, 2.05) is 18.2 Å². The van der Waals surface area contributed by atoms with Crippen molar-refractivity contribution in [2.45, 2.75) is 38.6 Å². The molecule has 2 saturated carbocycles. The minimum absolute atomic E-state index is 0.497. The van der Waals surface area contributed by atoms with Crippen LogP contribution in [-0.4, -0.2) is 20.2 Å². The summed E-state index contributed by atoms with van der Waals surface area (Å²) in [4.78, 5) is 0. The number of hydrogen-bond acceptors (Lipinski definition) is 4. The third-order valence-corrected chi connectivity index (χ3v) is 4.48. The number of aromatic nitrogens is 4. The van der Waals surface area contributed by atoms with E-state index in [0.717, 1.165) is 34.5 Å². The summed E-state index contributed by atoms with van der Waals surface area (Å²) in [6.07, 6.45) is 5.28. The first-order valence-corrected chi connectivity index (χ1v) is 7.38. The maximum atomic E-state index is 5.84. The van der Waals surface area contributed by atoms with E-state index in [9.17, 15) is 0 Å². The zero-order valence-corrected chi connectivity index (χ0v) is 11.7. The number of nitrogen functional groups attached to an aromatic ring is 1. The van der Waals surface area contributed by atoms with E-state index in [4.69, 9.17) is 5.73 Å². The van der Waals surface area contributed by atoms with Gasteiger partial charge in [0.1, 0.15) is 0 Å². The molecular formula is C15H19N5. The van der Waals surface area contributed by atoms with Crippen LogP contribution in [0.4, 0.5) is 5.69 Å². The van der Waals surface area contributed by atoms with Crippen LogP contribution in [0.1, 0.15) is 37.3 Å². The third-order valence-electron chi connectivity index (χ3n) is 4.48. The number of tetrazole rings is 1. The first-order valence-electron chi connectivity index (χ1n) is 7.38. The summed E-state index contributed by atoms with van der Waals surface area (Å²) in [7, 11) is 0. The highest BCUT2D eigenvalue weighted by Gasteiger charge is 2.44. The van der Waals surface area contributed by atoms with Crippen molar-refractivity contribution >= 4 is 5.69 Å². The van der Waals surface area contributed by atoms with E-state index in [0.29, 0.717) is 6.04 Å². The Morgan fingerprint density at radius 2 is 1.90 bits per heavy atom. The summed E-state index contributed by atoms with van der Waals surface area (Å²) in [5, 5.41) is 12.5. The predicted octanol–water partition coefficient (Wildman–Crippen LogP) is 2.59. The molecule has 5 heteroatoms. The van der Waals surface area contributed by atoms with Crippen molar-refractivity contribution in [3.63, 3.8) is 0 Å². The Morgan fingerprint density at radius 1 is 1.20 bits per heavy atom. The van der Waals surface area contributed by atoms with Crippen LogP contribution in [0.25, 0.3) is 11.4 Å². The van der Waals surface area contributed by atoms with Gasteiger partial charge in [-0.15, -0.1) is 5.10 Å². The van der Waals surface area contributed by atoms with E-state index >= 15 is 0 Å². The summed E-state index contributed by atoms with van der Waals surface area (Å²) in [6, 6.07) is 6.43. The molecule has 5 nitrogen and oxygen atoms in total. The molecule has 0 amide bonds. The molecule has 0 spiro atoms. The molecule has 2 fully saturated rings.